The van der Waals surface area contributed by atoms with Crippen LogP contribution in [0.25, 0.3) is 0 Å². The van der Waals surface area contributed by atoms with E-state index in [1.165, 1.54) is 27.7 Å². The van der Waals surface area contributed by atoms with Gasteiger partial charge < -0.3 is 116 Å². The van der Waals surface area contributed by atoms with E-state index in [4.69, 9.17) is 63.1 Å². The molecular weight excluding hydrogens is 1090 g/mol. The third-order valence-corrected chi connectivity index (χ3v) is 12.1. The van der Waals surface area contributed by atoms with Gasteiger partial charge in [0.05, 0.1) is 6.10 Å². The van der Waals surface area contributed by atoms with Gasteiger partial charge in [-0.05, 0) is 124 Å². The minimum atomic E-state index is -1.53. The average molecular weight is 1180 g/mol. The number of amides is 10. The third-order valence-electron chi connectivity index (χ3n) is 12.1. The molecule has 0 unspecified atom stereocenters. The molecule has 10 amide bonds. The monoisotopic (exact) mass is 1180 g/mol. The van der Waals surface area contributed by atoms with Crippen LogP contribution in [0.3, 0.4) is 0 Å². The Kier molecular flexibility index (Phi) is 37.4. The molecule has 0 aromatic rings. The van der Waals surface area contributed by atoms with Gasteiger partial charge in [0.1, 0.15) is 54.4 Å². The summed E-state index contributed by atoms with van der Waals surface area (Å²) in [6.07, 6.45) is 0.484. The van der Waals surface area contributed by atoms with Crippen LogP contribution in [0.4, 0.5) is 0 Å². The summed E-state index contributed by atoms with van der Waals surface area (Å²) in [6, 6.07) is -12.0. The number of aliphatic hydroxyl groups excluding tert-OH is 1. The Balaban J connectivity index is 6.90. The first-order chi connectivity index (χ1) is 39.0. The molecule has 0 spiro atoms. The van der Waals surface area contributed by atoms with Crippen molar-refractivity contribution >= 4 is 82.9 Å². The van der Waals surface area contributed by atoms with Crippen LogP contribution in [0.2, 0.25) is 0 Å². The molecule has 0 saturated heterocycles. The highest BCUT2D eigenvalue weighted by molar-refractivity contribution is 5.98. The number of unbranched alkanes of at least 4 members (excludes halogenated alkanes) is 2. The van der Waals surface area contributed by atoms with E-state index in [-0.39, 0.29) is 121 Å². The molecule has 472 valence electrons. The predicted molar refractivity (Wildman–Crippen MR) is 311 cm³/mol. The fraction of sp³-hybridized carbons (Fsp3) is 0.708. The van der Waals surface area contributed by atoms with E-state index in [0.717, 1.165) is 0 Å². The van der Waals surface area contributed by atoms with Gasteiger partial charge in [-0.15, -0.1) is 0 Å². The largest absolute Gasteiger partial charge is 0.391 e. The highest BCUT2D eigenvalue weighted by Crippen LogP contribution is 2.11. The first-order valence-electron chi connectivity index (χ1n) is 27.3. The topological polar surface area (TPSA) is 635 Å². The molecule has 0 aromatic heterocycles. The lowest BCUT2D eigenvalue weighted by Gasteiger charge is -2.28. The van der Waals surface area contributed by atoms with Gasteiger partial charge in [-0.3, -0.25) is 67.9 Å². The molecular formula is C48H94N24O11. The second-order valence-corrected chi connectivity index (χ2v) is 19.5. The smallest absolute Gasteiger partial charge is 0.243 e. The molecule has 0 saturated carbocycles. The van der Waals surface area contributed by atoms with Crippen LogP contribution >= 0.6 is 0 Å². The number of hydrogen-bond acceptors (Lipinski definition) is 17. The molecule has 0 aliphatic rings. The van der Waals surface area contributed by atoms with Crippen molar-refractivity contribution in [2.75, 3.05) is 39.3 Å². The van der Waals surface area contributed by atoms with Crippen LogP contribution < -0.4 is 111 Å². The van der Waals surface area contributed by atoms with E-state index in [1.54, 1.807) is 0 Å². The van der Waals surface area contributed by atoms with Crippen molar-refractivity contribution in [2.24, 2.45) is 83.0 Å². The third kappa shape index (κ3) is 33.9. The second-order valence-electron chi connectivity index (χ2n) is 19.5. The number of aliphatic hydroxyl groups is 1. The first kappa shape index (κ1) is 74.7. The molecule has 0 radical (unpaired) electrons. The maximum absolute atomic E-state index is 14.4. The number of carbonyl (C=O) groups excluding carboxylic acids is 10. The van der Waals surface area contributed by atoms with Gasteiger partial charge in [-0.25, -0.2) is 0 Å². The predicted octanol–water partition coefficient (Wildman–Crippen LogP) is -9.25. The van der Waals surface area contributed by atoms with E-state index in [9.17, 15) is 53.1 Å². The lowest BCUT2D eigenvalue weighted by Crippen LogP contribution is -2.60. The normalized spacial score (nSPS) is 14.4. The Morgan fingerprint density at radius 3 is 0.855 bits per heavy atom. The fourth-order valence-electron chi connectivity index (χ4n) is 7.71. The summed E-state index contributed by atoms with van der Waals surface area (Å²) in [6.45, 7) is 5.76. The molecule has 83 heavy (non-hydrogen) atoms. The fourth-order valence-corrected chi connectivity index (χ4v) is 7.71. The van der Waals surface area contributed by atoms with Gasteiger partial charge in [-0.1, -0.05) is 0 Å². The molecule has 0 fully saturated rings. The number of aliphatic imine (C=N–C) groups is 4. The molecule has 32 N–H and O–H groups in total. The van der Waals surface area contributed by atoms with E-state index in [1.807, 2.05) is 0 Å². The number of nitrogens with one attached hydrogen (secondary N) is 9. The molecule has 35 nitrogen and oxygen atoms in total. The zero-order chi connectivity index (χ0) is 63.2. The highest BCUT2D eigenvalue weighted by atomic mass is 16.3. The Labute approximate surface area is 483 Å². The van der Waals surface area contributed by atoms with Crippen LogP contribution in [-0.4, -0.2) is 188 Å². The summed E-state index contributed by atoms with van der Waals surface area (Å²) < 4.78 is 0. The van der Waals surface area contributed by atoms with E-state index in [0.29, 0.717) is 32.1 Å². The van der Waals surface area contributed by atoms with Crippen molar-refractivity contribution in [3.63, 3.8) is 0 Å². The maximum Gasteiger partial charge on any atom is 0.243 e. The van der Waals surface area contributed by atoms with Crippen molar-refractivity contribution in [3.05, 3.63) is 0 Å². The molecule has 0 heterocycles. The molecule has 10 atom stereocenters. The van der Waals surface area contributed by atoms with Crippen molar-refractivity contribution < 1.29 is 53.1 Å². The van der Waals surface area contributed by atoms with Crippen molar-refractivity contribution in [2.45, 2.75) is 178 Å². The van der Waals surface area contributed by atoms with Gasteiger partial charge >= 0.3 is 0 Å². The van der Waals surface area contributed by atoms with Gasteiger partial charge in [0.2, 0.25) is 59.1 Å². The Morgan fingerprint density at radius 1 is 0.349 bits per heavy atom. The summed E-state index contributed by atoms with van der Waals surface area (Å²) in [5.41, 5.74) is 60.6. The molecule has 35 heteroatoms. The van der Waals surface area contributed by atoms with E-state index < -0.39 is 120 Å². The number of rotatable bonds is 43. The summed E-state index contributed by atoms with van der Waals surface area (Å²) in [5, 5.41) is 33.1. The zero-order valence-electron chi connectivity index (χ0n) is 48.1. The van der Waals surface area contributed by atoms with E-state index >= 15 is 0 Å². The van der Waals surface area contributed by atoms with Gasteiger partial charge in [0.25, 0.3) is 0 Å². The number of nitrogens with zero attached hydrogens (tertiary/aromatic N) is 4. The van der Waals surface area contributed by atoms with Crippen LogP contribution in [0.5, 0.6) is 0 Å². The second kappa shape index (κ2) is 41.6. The van der Waals surface area contributed by atoms with Crippen LogP contribution in [0.1, 0.15) is 118 Å². The number of hydrogen-bond donors (Lipinski definition) is 21. The SMILES string of the molecule is CC(=O)N[C@@H](CCCN=C(N)N)C(=O)N[C@@H](C)C(=O)N[C@@H](C)C(=O)N[C@@H](CCCN=C(N)N)C(=O)N[C@@H](CCCN=C(N)N)C(=O)N[C@@H](CCCCN)C(=O)N[C@@H](CCCCN)C(=O)N[C@@H](CCCN=C(N)N)C(=O)N[C@H](C(N)=O)[C@@H](C)O. The number of carbonyl (C=O) groups is 10. The van der Waals surface area contributed by atoms with Crippen LogP contribution in [0, 0.1) is 0 Å². The van der Waals surface area contributed by atoms with Gasteiger partial charge in [0, 0.05) is 33.1 Å². The standard InChI is InChI=1S/C48H94N24O11/c1-25(65-39(78)29(66-28(4)74)15-9-21-60-45(52)53)37(76)64-26(2)38(77)67-32(16-10-22-61-46(54)55)42(81)70-33(17-11-23-62-47(56)57)43(82)69-30(13-5-7-19-49)40(79)68-31(14-6-8-20-50)41(80)71-34(18-12-24-63-48(58)59)44(83)72-35(27(3)73)36(51)75/h25-27,29-35,73H,5-24,49-50H2,1-4H3,(H2,51,75)(H,64,76)(H,65,78)(H,66,74)(H,67,77)(H,68,79)(H,69,82)(H,70,81)(H,71,80)(H,72,83)(H4,52,53,60)(H4,54,55,61)(H4,56,57,62)(H4,58,59,63)/t25-,26-,27+,29-,30-,31-,32-,33-,34-,35-/m0/s1. The lowest BCUT2D eigenvalue weighted by molar-refractivity contribution is -0.136. The van der Waals surface area contributed by atoms with Crippen molar-refractivity contribution in [1.82, 2.24) is 47.9 Å². The maximum atomic E-state index is 14.4. The zero-order valence-corrected chi connectivity index (χ0v) is 48.1. The van der Waals surface area contributed by atoms with E-state index in [2.05, 4.69) is 67.8 Å². The quantitative estimate of drug-likeness (QED) is 0.0153. The summed E-state index contributed by atoms with van der Waals surface area (Å²) in [7, 11) is 0. The van der Waals surface area contributed by atoms with Crippen LogP contribution in [-0.2, 0) is 47.9 Å². The molecule has 0 bridgehead atoms. The Bertz CT molecular complexity index is 2220. The van der Waals surface area contributed by atoms with Gasteiger partial charge in [-0.2, -0.15) is 0 Å². The van der Waals surface area contributed by atoms with Gasteiger partial charge in [0.15, 0.2) is 23.8 Å². The summed E-state index contributed by atoms with van der Waals surface area (Å²) in [5.74, 6) is -9.16. The minimum Gasteiger partial charge on any atom is -0.391 e. The number of guanidine groups is 4. The number of primary amides is 1. The molecule has 0 aliphatic heterocycles. The highest BCUT2D eigenvalue weighted by Gasteiger charge is 2.35. The van der Waals surface area contributed by atoms with Crippen molar-refractivity contribution in [1.29, 1.82) is 0 Å². The molecule has 0 aromatic carbocycles. The molecule has 0 aliphatic carbocycles. The summed E-state index contributed by atoms with van der Waals surface area (Å²) >= 11 is 0. The number of nitrogens with two attached hydrogens (primary N) is 11. The first-order valence-corrected chi connectivity index (χ1v) is 27.3. The molecule has 0 rings (SSSR count). The lowest BCUT2D eigenvalue weighted by atomic mass is 10.0. The van der Waals surface area contributed by atoms with Crippen LogP contribution in [0.15, 0.2) is 20.0 Å². The minimum absolute atomic E-state index is 0.000176. The Hall–Kier alpha value is -8.34. The summed E-state index contributed by atoms with van der Waals surface area (Å²) in [4.78, 5) is 150. The average Bonchev–Trinajstić information content (AvgIpc) is 3.55. The van der Waals surface area contributed by atoms with Crippen molar-refractivity contribution in [3.8, 4) is 0 Å². The Morgan fingerprint density at radius 2 is 0.590 bits per heavy atom.